The molecule has 1 aliphatic rings. The van der Waals surface area contributed by atoms with Crippen molar-refractivity contribution in [1.29, 1.82) is 5.26 Å². The van der Waals surface area contributed by atoms with Crippen LogP contribution in [0.15, 0.2) is 35.4 Å². The maximum absolute atomic E-state index is 9.44. The zero-order valence-electron chi connectivity index (χ0n) is 16.8. The monoisotopic (exact) mass is 386 g/mol. The first-order valence-corrected chi connectivity index (χ1v) is 9.86. The molecule has 0 N–H and O–H groups in total. The summed E-state index contributed by atoms with van der Waals surface area (Å²) in [6.07, 6.45) is 10.7. The predicted octanol–water partition coefficient (Wildman–Crippen LogP) is 4.57. The molecule has 1 aliphatic carbocycles. The fourth-order valence-electron chi connectivity index (χ4n) is 4.27. The van der Waals surface area contributed by atoms with Crippen molar-refractivity contribution >= 4 is 11.0 Å². The molecule has 0 saturated heterocycles. The van der Waals surface area contributed by atoms with Gasteiger partial charge in [-0.15, -0.1) is 0 Å². The highest BCUT2D eigenvalue weighted by Gasteiger charge is 2.33. The number of aryl methyl sites for hydroxylation is 3. The van der Waals surface area contributed by atoms with E-state index in [1.54, 1.807) is 4.68 Å². The van der Waals surface area contributed by atoms with Crippen LogP contribution in [-0.2, 0) is 7.05 Å². The second kappa shape index (κ2) is 6.59. The first-order valence-electron chi connectivity index (χ1n) is 9.86. The number of hydrogen-bond acceptors (Lipinski definition) is 5. The maximum Gasteiger partial charge on any atom is 0.141 e. The third kappa shape index (κ3) is 2.92. The summed E-state index contributed by atoms with van der Waals surface area (Å²) in [7, 11) is 1.91. The molecule has 4 aromatic rings. The van der Waals surface area contributed by atoms with Crippen molar-refractivity contribution in [2.75, 3.05) is 0 Å². The van der Waals surface area contributed by atoms with Crippen LogP contribution in [0.4, 0.5) is 0 Å². The third-order valence-electron chi connectivity index (χ3n) is 5.83. The molecule has 0 amide bonds. The highest BCUT2D eigenvalue weighted by atomic mass is 16.5. The molecule has 0 radical (unpaired) electrons. The smallest absolute Gasteiger partial charge is 0.141 e. The summed E-state index contributed by atoms with van der Waals surface area (Å²) < 4.78 is 9.42. The third-order valence-corrected chi connectivity index (χ3v) is 5.83. The summed E-state index contributed by atoms with van der Waals surface area (Å²) >= 11 is 0. The summed E-state index contributed by atoms with van der Waals surface area (Å²) in [5.41, 5.74) is 6.86. The molecule has 0 aliphatic heterocycles. The molecule has 1 unspecified atom stereocenters. The van der Waals surface area contributed by atoms with Gasteiger partial charge in [0, 0.05) is 53.9 Å². The van der Waals surface area contributed by atoms with E-state index >= 15 is 0 Å². The van der Waals surface area contributed by atoms with Crippen molar-refractivity contribution in [2.24, 2.45) is 13.0 Å². The van der Waals surface area contributed by atoms with Crippen LogP contribution < -0.4 is 0 Å². The Labute approximate surface area is 168 Å². The van der Waals surface area contributed by atoms with Crippen molar-refractivity contribution in [3.8, 4) is 28.3 Å². The molecule has 7 heteroatoms. The van der Waals surface area contributed by atoms with Gasteiger partial charge in [-0.1, -0.05) is 5.16 Å². The number of aromatic nitrogens is 5. The number of nitriles is 1. The van der Waals surface area contributed by atoms with E-state index in [4.69, 9.17) is 9.51 Å². The maximum atomic E-state index is 9.44. The van der Waals surface area contributed by atoms with E-state index in [-0.39, 0.29) is 6.04 Å². The summed E-state index contributed by atoms with van der Waals surface area (Å²) in [5.74, 6) is 1.33. The molecule has 5 rings (SSSR count). The standard InChI is InChI=1S/C22H22N6O/c1-13-21(14(2)29-26-13)16-8-20-22(24-9-16)18(17-10-25-27(3)11-17)12-28(20)19(6-7-23)15-4-5-15/h8-12,15,19H,4-6H2,1-3H3. The molecule has 1 saturated carbocycles. The fourth-order valence-corrected chi connectivity index (χ4v) is 4.27. The first kappa shape index (κ1) is 17.7. The minimum absolute atomic E-state index is 0.162. The van der Waals surface area contributed by atoms with Crippen molar-refractivity contribution < 1.29 is 4.52 Å². The SMILES string of the molecule is Cc1noc(C)c1-c1cnc2c(-c3cnn(C)c3)cn(C(CC#N)C3CC3)c2c1. The van der Waals surface area contributed by atoms with Crippen LogP contribution in [0.25, 0.3) is 33.3 Å². The number of rotatable bonds is 5. The summed E-state index contributed by atoms with van der Waals surface area (Å²) in [5, 5.41) is 17.9. The largest absolute Gasteiger partial charge is 0.361 e. The van der Waals surface area contributed by atoms with Crippen LogP contribution in [0.1, 0.15) is 36.8 Å². The fraction of sp³-hybridized carbons (Fsp3) is 0.364. The van der Waals surface area contributed by atoms with Crippen molar-refractivity contribution in [2.45, 2.75) is 39.2 Å². The van der Waals surface area contributed by atoms with Crippen molar-refractivity contribution in [3.05, 3.63) is 42.3 Å². The van der Waals surface area contributed by atoms with Gasteiger partial charge in [0.25, 0.3) is 0 Å². The molecule has 7 nitrogen and oxygen atoms in total. The van der Waals surface area contributed by atoms with Gasteiger partial charge in [-0.3, -0.25) is 9.67 Å². The lowest BCUT2D eigenvalue weighted by atomic mass is 10.0. The van der Waals surface area contributed by atoms with Crippen LogP contribution >= 0.6 is 0 Å². The molecule has 4 heterocycles. The Balaban J connectivity index is 1.75. The number of fused-ring (bicyclic) bond motifs is 1. The van der Waals surface area contributed by atoms with Gasteiger partial charge in [0.2, 0.25) is 0 Å². The van der Waals surface area contributed by atoms with E-state index in [1.807, 2.05) is 39.5 Å². The van der Waals surface area contributed by atoms with E-state index in [0.717, 1.165) is 44.7 Å². The molecule has 1 fully saturated rings. The average molecular weight is 386 g/mol. The topological polar surface area (TPSA) is 85.5 Å². The average Bonchev–Trinajstić information content (AvgIpc) is 3.22. The minimum atomic E-state index is 0.162. The second-order valence-corrected chi connectivity index (χ2v) is 7.91. The van der Waals surface area contributed by atoms with Gasteiger partial charge in [0.15, 0.2) is 0 Å². The lowest BCUT2D eigenvalue weighted by molar-refractivity contribution is 0.393. The molecule has 0 bridgehead atoms. The van der Waals surface area contributed by atoms with Gasteiger partial charge < -0.3 is 9.09 Å². The van der Waals surface area contributed by atoms with Gasteiger partial charge >= 0.3 is 0 Å². The Kier molecular flexibility index (Phi) is 4.02. The van der Waals surface area contributed by atoms with E-state index in [9.17, 15) is 5.26 Å². The Morgan fingerprint density at radius 1 is 1.24 bits per heavy atom. The number of pyridine rings is 1. The van der Waals surface area contributed by atoms with Crippen LogP contribution in [0.3, 0.4) is 0 Å². The van der Waals surface area contributed by atoms with Crippen LogP contribution in [0, 0.1) is 31.1 Å². The Hall–Kier alpha value is -3.40. The van der Waals surface area contributed by atoms with Crippen LogP contribution in [0.5, 0.6) is 0 Å². The zero-order chi connectivity index (χ0) is 20.1. The summed E-state index contributed by atoms with van der Waals surface area (Å²) in [6.45, 7) is 3.86. The van der Waals surface area contributed by atoms with Gasteiger partial charge in [-0.2, -0.15) is 10.4 Å². The van der Waals surface area contributed by atoms with E-state index in [1.165, 1.54) is 12.8 Å². The quantitative estimate of drug-likeness (QED) is 0.501. The highest BCUT2D eigenvalue weighted by Crippen LogP contribution is 2.44. The van der Waals surface area contributed by atoms with E-state index in [2.05, 4.69) is 33.2 Å². The normalized spacial score (nSPS) is 15.0. The molecular formula is C22H22N6O. The second-order valence-electron chi connectivity index (χ2n) is 7.91. The summed E-state index contributed by atoms with van der Waals surface area (Å²) in [6, 6.07) is 4.70. The summed E-state index contributed by atoms with van der Waals surface area (Å²) in [4.78, 5) is 4.84. The van der Waals surface area contributed by atoms with Gasteiger partial charge in [0.1, 0.15) is 5.76 Å². The van der Waals surface area contributed by atoms with Crippen LogP contribution in [0.2, 0.25) is 0 Å². The lowest BCUT2D eigenvalue weighted by Gasteiger charge is -2.16. The Morgan fingerprint density at radius 3 is 2.69 bits per heavy atom. The van der Waals surface area contributed by atoms with E-state index < -0.39 is 0 Å². The van der Waals surface area contributed by atoms with Crippen molar-refractivity contribution in [1.82, 2.24) is 24.5 Å². The van der Waals surface area contributed by atoms with E-state index in [0.29, 0.717) is 12.3 Å². The zero-order valence-corrected chi connectivity index (χ0v) is 16.8. The molecular weight excluding hydrogens is 364 g/mol. The van der Waals surface area contributed by atoms with Gasteiger partial charge in [-0.05, 0) is 38.7 Å². The molecule has 1 atom stereocenters. The number of hydrogen-bond donors (Lipinski definition) is 0. The Morgan fingerprint density at radius 2 is 2.07 bits per heavy atom. The van der Waals surface area contributed by atoms with Gasteiger partial charge in [0.05, 0.1) is 35.4 Å². The first-order chi connectivity index (χ1) is 14.1. The lowest BCUT2D eigenvalue weighted by Crippen LogP contribution is -2.09. The molecule has 0 aromatic carbocycles. The van der Waals surface area contributed by atoms with Crippen molar-refractivity contribution in [3.63, 3.8) is 0 Å². The molecule has 29 heavy (non-hydrogen) atoms. The minimum Gasteiger partial charge on any atom is -0.361 e. The molecule has 4 aromatic heterocycles. The molecule has 0 spiro atoms. The Bertz CT molecular complexity index is 1230. The predicted molar refractivity (Wildman–Crippen MR) is 109 cm³/mol. The highest BCUT2D eigenvalue weighted by molar-refractivity contribution is 5.95. The molecule has 146 valence electrons. The number of nitrogens with zero attached hydrogens (tertiary/aromatic N) is 6. The van der Waals surface area contributed by atoms with Crippen LogP contribution in [-0.4, -0.2) is 24.5 Å². The van der Waals surface area contributed by atoms with Gasteiger partial charge in [-0.25, -0.2) is 0 Å².